The van der Waals surface area contributed by atoms with Gasteiger partial charge in [0.25, 0.3) is 0 Å². The number of hydrogen-bond acceptors (Lipinski definition) is 2. The molecule has 0 unspecified atom stereocenters. The monoisotopic (exact) mass is 252 g/mol. The molecule has 0 aliphatic heterocycles. The Morgan fingerprint density at radius 1 is 0.778 bits per heavy atom. The van der Waals surface area contributed by atoms with Crippen molar-refractivity contribution in [3.8, 4) is 11.5 Å². The minimum Gasteiger partial charge on any atom is -0.457 e. The van der Waals surface area contributed by atoms with E-state index in [2.05, 4.69) is 0 Å². The summed E-state index contributed by atoms with van der Waals surface area (Å²) in [5, 5.41) is 0. The number of hydrogen-bond donors (Lipinski definition) is 1. The fourth-order valence-electron chi connectivity index (χ4n) is 1.43. The molecule has 18 heavy (non-hydrogen) atoms. The summed E-state index contributed by atoms with van der Waals surface area (Å²) in [6.45, 7) is -4.96. The molecule has 2 nitrogen and oxygen atoms in total. The second-order valence-corrected chi connectivity index (χ2v) is 3.81. The Kier molecular flexibility index (Phi) is 3.18. The van der Waals surface area contributed by atoms with Crippen molar-refractivity contribution in [2.75, 3.05) is 5.73 Å². The van der Waals surface area contributed by atoms with Crippen molar-refractivity contribution < 1.29 is 17.7 Å². The molecular formula is C12H10BF3NO-. The predicted octanol–water partition coefficient (Wildman–Crippen LogP) is 3.12. The zero-order valence-corrected chi connectivity index (χ0v) is 9.32. The maximum Gasteiger partial charge on any atom is 0.509 e. The van der Waals surface area contributed by atoms with Gasteiger partial charge in [0.15, 0.2) is 0 Å². The normalized spacial score (nSPS) is 11.3. The van der Waals surface area contributed by atoms with Crippen LogP contribution >= 0.6 is 0 Å². The second kappa shape index (κ2) is 4.64. The van der Waals surface area contributed by atoms with Crippen LogP contribution in [0.25, 0.3) is 0 Å². The number of nitrogens with two attached hydrogens (primary N) is 1. The first-order chi connectivity index (χ1) is 8.45. The fourth-order valence-corrected chi connectivity index (χ4v) is 1.43. The first-order valence-electron chi connectivity index (χ1n) is 5.28. The fraction of sp³-hybridized carbons (Fsp3) is 0. The minimum absolute atomic E-state index is 0.351. The lowest BCUT2D eigenvalue weighted by Crippen LogP contribution is -2.33. The summed E-state index contributed by atoms with van der Waals surface area (Å²) < 4.78 is 42.6. The van der Waals surface area contributed by atoms with Crippen molar-refractivity contribution >= 4 is 18.1 Å². The topological polar surface area (TPSA) is 35.2 Å². The molecule has 6 heteroatoms. The number of halogens is 3. The Bertz CT molecular complexity index is 523. The Balaban J connectivity index is 2.13. The Labute approximate surface area is 102 Å². The van der Waals surface area contributed by atoms with E-state index in [1.165, 1.54) is 12.1 Å². The number of rotatable bonds is 3. The van der Waals surface area contributed by atoms with Gasteiger partial charge in [-0.2, -0.15) is 0 Å². The third-order valence-corrected chi connectivity index (χ3v) is 2.37. The molecule has 2 aromatic rings. The summed E-state index contributed by atoms with van der Waals surface area (Å²) in [6.07, 6.45) is 0. The molecule has 2 rings (SSSR count). The molecule has 0 saturated heterocycles. The molecule has 0 amide bonds. The molecule has 2 aromatic carbocycles. The molecule has 0 aliphatic rings. The Morgan fingerprint density at radius 3 is 1.67 bits per heavy atom. The van der Waals surface area contributed by atoms with E-state index in [4.69, 9.17) is 10.5 Å². The highest BCUT2D eigenvalue weighted by Crippen LogP contribution is 2.22. The molecule has 0 heterocycles. The van der Waals surface area contributed by atoms with Crippen LogP contribution in [0, 0.1) is 0 Å². The highest BCUT2D eigenvalue weighted by molar-refractivity contribution is 6.73. The largest absolute Gasteiger partial charge is 0.509 e. The standard InChI is InChI=1S/C12H10BF3NO/c14-13(15,16)9-1-5-11(6-2-9)18-12-7-3-10(17)4-8-12/h1-8H,17H2/q-1. The third kappa shape index (κ3) is 2.97. The first kappa shape index (κ1) is 12.4. The van der Waals surface area contributed by atoms with Gasteiger partial charge in [-0.15, -0.1) is 5.46 Å². The maximum absolute atomic E-state index is 12.4. The molecule has 0 fully saturated rings. The number of ether oxygens (including phenoxy) is 1. The van der Waals surface area contributed by atoms with E-state index < -0.39 is 12.4 Å². The Hall–Kier alpha value is -2.11. The van der Waals surface area contributed by atoms with E-state index >= 15 is 0 Å². The zero-order valence-electron chi connectivity index (χ0n) is 9.32. The van der Waals surface area contributed by atoms with Crippen LogP contribution < -0.4 is 15.9 Å². The van der Waals surface area contributed by atoms with Gasteiger partial charge < -0.3 is 23.4 Å². The van der Waals surface area contributed by atoms with Gasteiger partial charge in [-0.05, 0) is 36.4 Å². The minimum atomic E-state index is -4.96. The van der Waals surface area contributed by atoms with Crippen LogP contribution in [0.1, 0.15) is 0 Å². The smallest absolute Gasteiger partial charge is 0.457 e. The highest BCUT2D eigenvalue weighted by atomic mass is 19.4. The van der Waals surface area contributed by atoms with Crippen LogP contribution in [0.2, 0.25) is 0 Å². The lowest BCUT2D eigenvalue weighted by molar-refractivity contribution is 0.482. The first-order valence-corrected chi connectivity index (χ1v) is 5.28. The molecule has 0 bridgehead atoms. The van der Waals surface area contributed by atoms with Gasteiger partial charge in [-0.3, -0.25) is 0 Å². The predicted molar refractivity (Wildman–Crippen MR) is 66.1 cm³/mol. The van der Waals surface area contributed by atoms with E-state index in [0.717, 1.165) is 12.1 Å². The van der Waals surface area contributed by atoms with E-state index in [-0.39, 0.29) is 0 Å². The highest BCUT2D eigenvalue weighted by Gasteiger charge is 2.24. The summed E-state index contributed by atoms with van der Waals surface area (Å²) in [5.74, 6) is 0.873. The van der Waals surface area contributed by atoms with Crippen LogP contribution in [0.15, 0.2) is 48.5 Å². The van der Waals surface area contributed by atoms with Crippen molar-refractivity contribution in [1.29, 1.82) is 0 Å². The van der Waals surface area contributed by atoms with E-state index in [0.29, 0.717) is 17.2 Å². The molecule has 0 aromatic heterocycles. The van der Waals surface area contributed by atoms with Gasteiger partial charge in [0.2, 0.25) is 0 Å². The van der Waals surface area contributed by atoms with Gasteiger partial charge in [0.1, 0.15) is 11.5 Å². The van der Waals surface area contributed by atoms with Gasteiger partial charge in [0, 0.05) is 5.69 Å². The summed E-state index contributed by atoms with van der Waals surface area (Å²) >= 11 is 0. The van der Waals surface area contributed by atoms with Crippen molar-refractivity contribution in [2.24, 2.45) is 0 Å². The van der Waals surface area contributed by atoms with E-state index in [1.807, 2.05) is 0 Å². The van der Waals surface area contributed by atoms with Crippen LogP contribution in [-0.4, -0.2) is 6.98 Å². The van der Waals surface area contributed by atoms with Crippen LogP contribution in [0.4, 0.5) is 18.6 Å². The van der Waals surface area contributed by atoms with Crippen LogP contribution in [0.5, 0.6) is 11.5 Å². The van der Waals surface area contributed by atoms with Crippen molar-refractivity contribution in [2.45, 2.75) is 0 Å². The average Bonchev–Trinajstić information content (AvgIpc) is 2.32. The number of anilines is 1. The third-order valence-electron chi connectivity index (χ3n) is 2.37. The average molecular weight is 252 g/mol. The molecular weight excluding hydrogens is 242 g/mol. The molecule has 94 valence electrons. The van der Waals surface area contributed by atoms with Crippen LogP contribution in [-0.2, 0) is 0 Å². The Morgan fingerprint density at radius 2 is 1.22 bits per heavy atom. The molecule has 0 aliphatic carbocycles. The summed E-state index contributed by atoms with van der Waals surface area (Å²) in [6, 6.07) is 11.2. The molecule has 0 atom stereocenters. The molecule has 0 saturated carbocycles. The van der Waals surface area contributed by atoms with Crippen molar-refractivity contribution in [3.05, 3.63) is 48.5 Å². The lowest BCUT2D eigenvalue weighted by Gasteiger charge is -2.15. The molecule has 0 radical (unpaired) electrons. The molecule has 2 N–H and O–H groups in total. The number of benzene rings is 2. The van der Waals surface area contributed by atoms with Crippen molar-refractivity contribution in [3.63, 3.8) is 0 Å². The quantitative estimate of drug-likeness (QED) is 0.672. The summed E-state index contributed by atoms with van der Waals surface area (Å²) in [5.41, 5.74) is 5.46. The lowest BCUT2D eigenvalue weighted by atomic mass is 9.80. The van der Waals surface area contributed by atoms with Crippen LogP contribution in [0.3, 0.4) is 0 Å². The van der Waals surface area contributed by atoms with Gasteiger partial charge in [-0.25, -0.2) is 0 Å². The zero-order chi connectivity index (χ0) is 13.2. The molecule has 0 spiro atoms. The van der Waals surface area contributed by atoms with Gasteiger partial charge in [0.05, 0.1) is 0 Å². The maximum atomic E-state index is 12.4. The summed E-state index contributed by atoms with van der Waals surface area (Å²) in [7, 11) is 0. The number of nitrogen functional groups attached to an aromatic ring is 1. The summed E-state index contributed by atoms with van der Waals surface area (Å²) in [4.78, 5) is 0. The van der Waals surface area contributed by atoms with E-state index in [9.17, 15) is 12.9 Å². The second-order valence-electron chi connectivity index (χ2n) is 3.81. The SMILES string of the molecule is Nc1ccc(Oc2ccc([B-](F)(F)F)cc2)cc1. The van der Waals surface area contributed by atoms with E-state index in [1.54, 1.807) is 24.3 Å². The van der Waals surface area contributed by atoms with Crippen molar-refractivity contribution in [1.82, 2.24) is 0 Å². The van der Waals surface area contributed by atoms with Gasteiger partial charge in [-0.1, -0.05) is 12.1 Å². The van der Waals surface area contributed by atoms with Gasteiger partial charge >= 0.3 is 6.98 Å².